The van der Waals surface area contributed by atoms with Crippen LogP contribution in [0.5, 0.6) is 0 Å². The number of thiol groups is 1. The van der Waals surface area contributed by atoms with E-state index in [1.807, 2.05) is 0 Å². The van der Waals surface area contributed by atoms with Crippen LogP contribution in [0.25, 0.3) is 0 Å². The third kappa shape index (κ3) is 6.43. The molecule has 0 bridgehead atoms. The predicted octanol–water partition coefficient (Wildman–Crippen LogP) is 2.45. The Balaban J connectivity index is 3.34. The molecule has 0 radical (unpaired) electrons. The van der Waals surface area contributed by atoms with Crippen LogP contribution in [0.15, 0.2) is 0 Å². The smallest absolute Gasteiger partial charge is 0.0110 e. The van der Waals surface area contributed by atoms with Gasteiger partial charge >= 0.3 is 0 Å². The third-order valence-corrected chi connectivity index (χ3v) is 1.48. The standard InChI is InChI=1S/C8H19NS/c1-7(2)5-9(10)6-8(3)4/h7-8,10H,5-6H2,1-4H3. The molecule has 0 saturated heterocycles. The molecule has 0 aliphatic carbocycles. The summed E-state index contributed by atoms with van der Waals surface area (Å²) in [5.74, 6) is 1.44. The Morgan fingerprint density at radius 2 is 1.30 bits per heavy atom. The van der Waals surface area contributed by atoms with E-state index in [1.54, 1.807) is 0 Å². The van der Waals surface area contributed by atoms with Crippen LogP contribution in [0.3, 0.4) is 0 Å². The maximum Gasteiger partial charge on any atom is 0.0110 e. The van der Waals surface area contributed by atoms with Gasteiger partial charge in [-0.2, -0.15) is 0 Å². The highest BCUT2D eigenvalue weighted by Gasteiger charge is 2.03. The Morgan fingerprint density at radius 1 is 1.00 bits per heavy atom. The average Bonchev–Trinajstić information content (AvgIpc) is 1.58. The van der Waals surface area contributed by atoms with Crippen LogP contribution in [-0.4, -0.2) is 17.4 Å². The van der Waals surface area contributed by atoms with Gasteiger partial charge < -0.3 is 0 Å². The van der Waals surface area contributed by atoms with Gasteiger partial charge in [-0.3, -0.25) is 4.31 Å². The second-order valence-electron chi connectivity index (χ2n) is 3.66. The Bertz CT molecular complexity index is 71.3. The van der Waals surface area contributed by atoms with E-state index in [2.05, 4.69) is 44.8 Å². The summed E-state index contributed by atoms with van der Waals surface area (Å²) in [4.78, 5) is 0. The van der Waals surface area contributed by atoms with Crippen LogP contribution in [-0.2, 0) is 0 Å². The molecule has 0 spiro atoms. The van der Waals surface area contributed by atoms with E-state index in [-0.39, 0.29) is 0 Å². The lowest BCUT2D eigenvalue weighted by Crippen LogP contribution is -2.22. The van der Waals surface area contributed by atoms with E-state index >= 15 is 0 Å². The normalized spacial score (nSPS) is 12.0. The molecule has 0 aromatic rings. The zero-order chi connectivity index (χ0) is 8.15. The van der Waals surface area contributed by atoms with Crippen molar-refractivity contribution in [2.45, 2.75) is 27.7 Å². The minimum atomic E-state index is 0.719. The molecule has 10 heavy (non-hydrogen) atoms. The molecule has 1 nitrogen and oxygen atoms in total. The van der Waals surface area contributed by atoms with Gasteiger partial charge in [0, 0.05) is 13.1 Å². The molecule has 0 atom stereocenters. The van der Waals surface area contributed by atoms with Gasteiger partial charge in [-0.15, -0.1) is 0 Å². The number of hydrogen-bond acceptors (Lipinski definition) is 2. The predicted molar refractivity (Wildman–Crippen MR) is 50.2 cm³/mol. The Labute approximate surface area is 70.3 Å². The van der Waals surface area contributed by atoms with Gasteiger partial charge in [0.25, 0.3) is 0 Å². The summed E-state index contributed by atoms with van der Waals surface area (Å²) in [6.45, 7) is 11.0. The first-order valence-corrected chi connectivity index (χ1v) is 4.36. The van der Waals surface area contributed by atoms with E-state index in [4.69, 9.17) is 0 Å². The van der Waals surface area contributed by atoms with Crippen molar-refractivity contribution in [2.75, 3.05) is 13.1 Å². The van der Waals surface area contributed by atoms with Gasteiger partial charge in [-0.05, 0) is 11.8 Å². The minimum absolute atomic E-state index is 0.719. The summed E-state index contributed by atoms with van der Waals surface area (Å²) in [6.07, 6.45) is 0. The molecule has 0 saturated carbocycles. The van der Waals surface area contributed by atoms with E-state index < -0.39 is 0 Å². The summed E-state index contributed by atoms with van der Waals surface area (Å²) in [5, 5.41) is 0. The summed E-state index contributed by atoms with van der Waals surface area (Å²) < 4.78 is 2.09. The van der Waals surface area contributed by atoms with E-state index in [0.717, 1.165) is 24.9 Å². The van der Waals surface area contributed by atoms with Gasteiger partial charge in [0.05, 0.1) is 0 Å². The maximum atomic E-state index is 4.34. The Hall–Kier alpha value is 0.310. The quantitative estimate of drug-likeness (QED) is 0.620. The number of rotatable bonds is 4. The van der Waals surface area contributed by atoms with Crippen LogP contribution < -0.4 is 0 Å². The van der Waals surface area contributed by atoms with Gasteiger partial charge in [0.2, 0.25) is 0 Å². The van der Waals surface area contributed by atoms with Crippen LogP contribution in [0, 0.1) is 11.8 Å². The van der Waals surface area contributed by atoms with E-state index in [0.29, 0.717) is 0 Å². The molecular weight excluding hydrogens is 142 g/mol. The summed E-state index contributed by atoms with van der Waals surface area (Å²) >= 11 is 4.34. The van der Waals surface area contributed by atoms with Crippen LogP contribution in [0.2, 0.25) is 0 Å². The fourth-order valence-corrected chi connectivity index (χ4v) is 1.57. The van der Waals surface area contributed by atoms with Crippen molar-refractivity contribution in [3.05, 3.63) is 0 Å². The number of hydrogen-bond donors (Lipinski definition) is 1. The summed E-state index contributed by atoms with van der Waals surface area (Å²) in [7, 11) is 0. The zero-order valence-electron chi connectivity index (χ0n) is 7.46. The summed E-state index contributed by atoms with van der Waals surface area (Å²) in [6, 6.07) is 0. The minimum Gasteiger partial charge on any atom is -0.253 e. The van der Waals surface area contributed by atoms with E-state index in [1.165, 1.54) is 0 Å². The van der Waals surface area contributed by atoms with Crippen molar-refractivity contribution in [1.29, 1.82) is 0 Å². The largest absolute Gasteiger partial charge is 0.253 e. The van der Waals surface area contributed by atoms with E-state index in [9.17, 15) is 0 Å². The fourth-order valence-electron chi connectivity index (χ4n) is 0.918. The SMILES string of the molecule is CC(C)CN(S)CC(C)C. The Kier molecular flexibility index (Phi) is 5.18. The van der Waals surface area contributed by atoms with Crippen molar-refractivity contribution in [3.63, 3.8) is 0 Å². The molecule has 0 aromatic heterocycles. The monoisotopic (exact) mass is 161 g/mol. The first-order chi connectivity index (χ1) is 4.52. The van der Waals surface area contributed by atoms with Crippen molar-refractivity contribution in [1.82, 2.24) is 4.31 Å². The van der Waals surface area contributed by atoms with Crippen molar-refractivity contribution in [3.8, 4) is 0 Å². The molecule has 0 amide bonds. The first-order valence-electron chi connectivity index (χ1n) is 3.96. The zero-order valence-corrected chi connectivity index (χ0v) is 8.36. The molecular formula is C8H19NS. The second kappa shape index (κ2) is 5.03. The highest BCUT2D eigenvalue weighted by molar-refractivity contribution is 7.77. The average molecular weight is 161 g/mol. The lowest BCUT2D eigenvalue weighted by molar-refractivity contribution is 0.368. The third-order valence-electron chi connectivity index (χ3n) is 1.15. The molecule has 0 aliphatic rings. The van der Waals surface area contributed by atoms with Crippen molar-refractivity contribution >= 4 is 12.8 Å². The lowest BCUT2D eigenvalue weighted by atomic mass is 10.2. The van der Waals surface area contributed by atoms with Crippen molar-refractivity contribution in [2.24, 2.45) is 11.8 Å². The first kappa shape index (κ1) is 10.3. The molecule has 2 heteroatoms. The molecule has 0 rings (SSSR count). The fraction of sp³-hybridized carbons (Fsp3) is 1.00. The summed E-state index contributed by atoms with van der Waals surface area (Å²) in [5.41, 5.74) is 0. The molecule has 0 unspecified atom stereocenters. The van der Waals surface area contributed by atoms with Crippen LogP contribution in [0.1, 0.15) is 27.7 Å². The van der Waals surface area contributed by atoms with Crippen LogP contribution >= 0.6 is 12.8 Å². The topological polar surface area (TPSA) is 3.24 Å². The molecule has 0 heterocycles. The van der Waals surface area contributed by atoms with Crippen LogP contribution in [0.4, 0.5) is 0 Å². The molecule has 0 N–H and O–H groups in total. The van der Waals surface area contributed by atoms with Crippen molar-refractivity contribution < 1.29 is 0 Å². The van der Waals surface area contributed by atoms with Gasteiger partial charge in [-0.1, -0.05) is 40.5 Å². The lowest BCUT2D eigenvalue weighted by Gasteiger charge is -2.19. The van der Waals surface area contributed by atoms with Gasteiger partial charge in [0.15, 0.2) is 0 Å². The Morgan fingerprint density at radius 3 is 1.50 bits per heavy atom. The number of nitrogens with zero attached hydrogens (tertiary/aromatic N) is 1. The molecule has 62 valence electrons. The second-order valence-corrected chi connectivity index (χ2v) is 4.22. The molecule has 0 aromatic carbocycles. The van der Waals surface area contributed by atoms with Gasteiger partial charge in [-0.25, -0.2) is 0 Å². The van der Waals surface area contributed by atoms with Gasteiger partial charge in [0.1, 0.15) is 0 Å². The highest BCUT2D eigenvalue weighted by Crippen LogP contribution is 2.04. The molecule has 0 fully saturated rings. The highest BCUT2D eigenvalue weighted by atomic mass is 32.1. The maximum absolute atomic E-state index is 4.34. The molecule has 0 aliphatic heterocycles.